The summed E-state index contributed by atoms with van der Waals surface area (Å²) in [6, 6.07) is 18.0. The molecular weight excluding hydrogens is 506 g/mol. The van der Waals surface area contributed by atoms with Crippen molar-refractivity contribution in [2.24, 2.45) is 0 Å². The lowest BCUT2D eigenvalue weighted by molar-refractivity contribution is 0.0698. The monoisotopic (exact) mass is 525 g/mol. The van der Waals surface area contributed by atoms with Gasteiger partial charge in [0.15, 0.2) is 5.82 Å². The van der Waals surface area contributed by atoms with Gasteiger partial charge in [-0.05, 0) is 47.2 Å². The number of sulfonamides is 1. The van der Waals surface area contributed by atoms with Crippen molar-refractivity contribution in [1.29, 1.82) is 0 Å². The van der Waals surface area contributed by atoms with Gasteiger partial charge in [-0.15, -0.1) is 0 Å². The molecule has 1 fully saturated rings. The molecule has 0 spiro atoms. The van der Waals surface area contributed by atoms with Crippen LogP contribution >= 0.6 is 15.9 Å². The lowest BCUT2D eigenvalue weighted by atomic mass is 10.1. The van der Waals surface area contributed by atoms with Crippen LogP contribution in [0.1, 0.15) is 10.4 Å². The first-order valence-corrected chi connectivity index (χ1v) is 12.6. The molecule has 1 aromatic heterocycles. The van der Waals surface area contributed by atoms with Crippen molar-refractivity contribution in [1.82, 2.24) is 24.4 Å². The number of piperazine rings is 1. The summed E-state index contributed by atoms with van der Waals surface area (Å²) in [6.45, 7) is 1.18. The predicted octanol–water partition coefficient (Wildman–Crippen LogP) is 3.53. The maximum absolute atomic E-state index is 13.2. The van der Waals surface area contributed by atoms with E-state index >= 15 is 0 Å². The molecule has 1 saturated heterocycles. The van der Waals surface area contributed by atoms with Gasteiger partial charge in [0.1, 0.15) is 6.33 Å². The van der Waals surface area contributed by atoms with Crippen molar-refractivity contribution in [3.63, 3.8) is 0 Å². The van der Waals surface area contributed by atoms with Gasteiger partial charge in [-0.2, -0.15) is 9.40 Å². The second kappa shape index (κ2) is 8.69. The van der Waals surface area contributed by atoms with E-state index in [-0.39, 0.29) is 23.9 Å². The van der Waals surface area contributed by atoms with Crippen molar-refractivity contribution in [2.75, 3.05) is 26.2 Å². The van der Waals surface area contributed by atoms with Crippen LogP contribution < -0.4 is 0 Å². The van der Waals surface area contributed by atoms with E-state index in [4.69, 9.17) is 0 Å². The Labute approximate surface area is 199 Å². The Hall–Kier alpha value is -3.08. The Kier molecular flexibility index (Phi) is 5.73. The van der Waals surface area contributed by atoms with Crippen molar-refractivity contribution in [3.8, 4) is 11.4 Å². The van der Waals surface area contributed by atoms with Crippen molar-refractivity contribution >= 4 is 42.6 Å². The summed E-state index contributed by atoms with van der Waals surface area (Å²) in [4.78, 5) is 19.0. The van der Waals surface area contributed by atoms with E-state index in [0.29, 0.717) is 24.5 Å². The van der Waals surface area contributed by atoms with Gasteiger partial charge in [-0.25, -0.2) is 13.4 Å². The minimum Gasteiger partial charge on any atom is -0.336 e. The average molecular weight is 526 g/mol. The summed E-state index contributed by atoms with van der Waals surface area (Å²) in [5, 5.41) is 8.45. The molecule has 1 aliphatic rings. The van der Waals surface area contributed by atoms with Crippen LogP contribution in [-0.2, 0) is 10.0 Å². The minimum absolute atomic E-state index is 0.118. The van der Waals surface area contributed by atoms with Gasteiger partial charge in [0.2, 0.25) is 10.0 Å². The molecule has 1 amide bonds. The molecule has 3 aromatic carbocycles. The zero-order chi connectivity index (χ0) is 23.0. The molecule has 1 aliphatic heterocycles. The molecule has 168 valence electrons. The number of aromatic amines is 1. The number of nitrogens with zero attached hydrogens (tertiary/aromatic N) is 4. The van der Waals surface area contributed by atoms with Gasteiger partial charge in [0, 0.05) is 41.8 Å². The number of H-pyrrole nitrogens is 1. The fourth-order valence-corrected chi connectivity index (χ4v) is 5.77. The van der Waals surface area contributed by atoms with Crippen LogP contribution in [0.5, 0.6) is 0 Å². The molecule has 5 rings (SSSR count). The molecule has 0 radical (unpaired) electrons. The summed E-state index contributed by atoms with van der Waals surface area (Å²) in [5.74, 6) is 0.515. The van der Waals surface area contributed by atoms with Crippen molar-refractivity contribution < 1.29 is 13.2 Å². The summed E-state index contributed by atoms with van der Waals surface area (Å²) in [5.41, 5.74) is 1.39. The predicted molar refractivity (Wildman–Crippen MR) is 128 cm³/mol. The average Bonchev–Trinajstić information content (AvgIpc) is 3.38. The number of nitrogens with one attached hydrogen (secondary N) is 1. The number of halogens is 1. The quantitative estimate of drug-likeness (QED) is 0.439. The number of hydrogen-bond donors (Lipinski definition) is 1. The topological polar surface area (TPSA) is 99.3 Å². The van der Waals surface area contributed by atoms with Gasteiger partial charge in [0.25, 0.3) is 5.91 Å². The van der Waals surface area contributed by atoms with Crippen LogP contribution in [-0.4, -0.2) is 64.9 Å². The van der Waals surface area contributed by atoms with E-state index in [0.717, 1.165) is 20.8 Å². The van der Waals surface area contributed by atoms with Crippen LogP contribution in [0.4, 0.5) is 0 Å². The Balaban J connectivity index is 1.27. The second-order valence-electron chi connectivity index (χ2n) is 7.76. The molecule has 1 N–H and O–H groups in total. The smallest absolute Gasteiger partial charge is 0.253 e. The summed E-state index contributed by atoms with van der Waals surface area (Å²) >= 11 is 3.43. The number of amides is 1. The molecule has 2 heterocycles. The Morgan fingerprint density at radius 3 is 2.30 bits per heavy atom. The molecule has 10 heteroatoms. The maximum atomic E-state index is 13.2. The Bertz CT molecular complexity index is 1410. The molecule has 0 aliphatic carbocycles. The summed E-state index contributed by atoms with van der Waals surface area (Å²) in [7, 11) is -3.64. The third-order valence-electron chi connectivity index (χ3n) is 5.76. The number of benzene rings is 3. The van der Waals surface area contributed by atoms with Gasteiger partial charge in [-0.3, -0.25) is 9.89 Å². The first-order chi connectivity index (χ1) is 15.9. The minimum atomic E-state index is -3.64. The Morgan fingerprint density at radius 1 is 0.909 bits per heavy atom. The van der Waals surface area contributed by atoms with Crippen molar-refractivity contribution in [3.05, 3.63) is 77.0 Å². The van der Waals surface area contributed by atoms with Gasteiger partial charge >= 0.3 is 0 Å². The van der Waals surface area contributed by atoms with Gasteiger partial charge in [-0.1, -0.05) is 40.2 Å². The number of aromatic nitrogens is 3. The molecular formula is C23H20BrN5O3S. The van der Waals surface area contributed by atoms with Gasteiger partial charge in [0.05, 0.1) is 4.90 Å². The molecule has 33 heavy (non-hydrogen) atoms. The van der Waals surface area contributed by atoms with Gasteiger partial charge < -0.3 is 4.90 Å². The highest BCUT2D eigenvalue weighted by atomic mass is 79.9. The number of carbonyl (C=O) groups is 1. The SMILES string of the molecule is O=C(c1ccc(-c2ncn[nH]2)cc1)N1CCN(S(=O)(=O)c2ccc3cc(Br)ccc3c2)CC1. The summed E-state index contributed by atoms with van der Waals surface area (Å²) in [6.07, 6.45) is 1.43. The fraction of sp³-hybridized carbons (Fsp3) is 0.174. The zero-order valence-corrected chi connectivity index (χ0v) is 19.9. The zero-order valence-electron chi connectivity index (χ0n) is 17.5. The van der Waals surface area contributed by atoms with E-state index < -0.39 is 10.0 Å². The lowest BCUT2D eigenvalue weighted by Crippen LogP contribution is -2.50. The van der Waals surface area contributed by atoms with E-state index in [1.807, 2.05) is 36.4 Å². The standard InChI is InChI=1S/C23H20BrN5O3S/c24-20-7-5-19-14-21(8-6-18(19)13-20)33(31,32)29-11-9-28(10-12-29)23(30)17-3-1-16(2-4-17)22-25-15-26-27-22/h1-8,13-15H,9-12H2,(H,25,26,27). The van der Waals surface area contributed by atoms with Crippen LogP contribution in [0.3, 0.4) is 0 Å². The highest BCUT2D eigenvalue weighted by Crippen LogP contribution is 2.25. The van der Waals surface area contributed by atoms with E-state index in [9.17, 15) is 13.2 Å². The van der Waals surface area contributed by atoms with E-state index in [2.05, 4.69) is 31.1 Å². The molecule has 0 bridgehead atoms. The van der Waals surface area contributed by atoms with E-state index in [1.165, 1.54) is 10.6 Å². The molecule has 0 atom stereocenters. The second-order valence-corrected chi connectivity index (χ2v) is 10.6. The Morgan fingerprint density at radius 2 is 1.61 bits per heavy atom. The van der Waals surface area contributed by atoms with Crippen LogP contribution in [0, 0.1) is 0 Å². The highest BCUT2D eigenvalue weighted by molar-refractivity contribution is 9.10. The third-order valence-corrected chi connectivity index (χ3v) is 8.15. The molecule has 4 aromatic rings. The molecule has 0 unspecified atom stereocenters. The molecule has 0 saturated carbocycles. The number of hydrogen-bond acceptors (Lipinski definition) is 5. The largest absolute Gasteiger partial charge is 0.336 e. The fourth-order valence-electron chi connectivity index (χ4n) is 3.93. The van der Waals surface area contributed by atoms with Crippen LogP contribution in [0.2, 0.25) is 0 Å². The molecule has 8 nitrogen and oxygen atoms in total. The number of carbonyl (C=O) groups excluding carboxylic acids is 1. The van der Waals surface area contributed by atoms with Crippen molar-refractivity contribution in [2.45, 2.75) is 4.90 Å². The van der Waals surface area contributed by atoms with Crippen LogP contribution in [0.15, 0.2) is 76.4 Å². The first-order valence-electron chi connectivity index (χ1n) is 10.4. The third kappa shape index (κ3) is 4.29. The first kappa shape index (κ1) is 21.7. The van der Waals surface area contributed by atoms with Crippen LogP contribution in [0.25, 0.3) is 22.2 Å². The lowest BCUT2D eigenvalue weighted by Gasteiger charge is -2.34. The highest BCUT2D eigenvalue weighted by Gasteiger charge is 2.30. The number of fused-ring (bicyclic) bond motifs is 1. The normalized spacial score (nSPS) is 15.1. The number of rotatable bonds is 4. The maximum Gasteiger partial charge on any atom is 0.253 e. The summed E-state index contributed by atoms with van der Waals surface area (Å²) < 4.78 is 28.8. The van der Waals surface area contributed by atoms with E-state index in [1.54, 1.807) is 29.2 Å².